The van der Waals surface area contributed by atoms with Gasteiger partial charge in [0.1, 0.15) is 0 Å². The summed E-state index contributed by atoms with van der Waals surface area (Å²) in [7, 11) is 0. The van der Waals surface area contributed by atoms with Crippen LogP contribution in [0.4, 0.5) is 5.69 Å². The Morgan fingerprint density at radius 1 is 1.00 bits per heavy atom. The highest BCUT2D eigenvalue weighted by Crippen LogP contribution is 2.23. The van der Waals surface area contributed by atoms with Gasteiger partial charge in [0.25, 0.3) is 0 Å². The number of hydrogen-bond acceptors (Lipinski definition) is 6. The zero-order chi connectivity index (χ0) is 22.3. The van der Waals surface area contributed by atoms with Crippen LogP contribution in [0.3, 0.4) is 0 Å². The van der Waals surface area contributed by atoms with Gasteiger partial charge in [-0.1, -0.05) is 32.9 Å². The van der Waals surface area contributed by atoms with Crippen molar-refractivity contribution in [2.24, 2.45) is 11.1 Å². The molecule has 0 spiro atoms. The number of nitrogens with one attached hydrogen (secondary N) is 1. The largest absolute Gasteiger partial charge is 0.454 e. The van der Waals surface area contributed by atoms with Crippen LogP contribution in [0, 0.1) is 5.41 Å². The van der Waals surface area contributed by atoms with Gasteiger partial charge >= 0.3 is 5.97 Å². The number of nitrogens with two attached hydrogens (primary N) is 1. The molecule has 0 unspecified atom stereocenters. The molecule has 7 nitrogen and oxygen atoms in total. The first-order valence-corrected chi connectivity index (χ1v) is 10.2. The molecule has 8 heteroatoms. The highest BCUT2D eigenvalue weighted by molar-refractivity contribution is 8.00. The van der Waals surface area contributed by atoms with Gasteiger partial charge < -0.3 is 15.8 Å². The Balaban J connectivity index is 1.97. The summed E-state index contributed by atoms with van der Waals surface area (Å²) >= 11 is 1.13. The van der Waals surface area contributed by atoms with Crippen molar-refractivity contribution in [3.8, 4) is 0 Å². The molecule has 0 saturated heterocycles. The maximum Gasteiger partial charge on any atom is 0.339 e. The Labute approximate surface area is 179 Å². The van der Waals surface area contributed by atoms with E-state index in [1.54, 1.807) is 69.3 Å². The summed E-state index contributed by atoms with van der Waals surface area (Å²) < 4.78 is 5.14. The van der Waals surface area contributed by atoms with Gasteiger partial charge in [0, 0.05) is 21.6 Å². The van der Waals surface area contributed by atoms with Crippen LogP contribution in [0.2, 0.25) is 0 Å². The summed E-state index contributed by atoms with van der Waals surface area (Å²) in [5.41, 5.74) is 5.80. The number of thioether (sulfide) groups is 1. The average Bonchev–Trinajstić information content (AvgIpc) is 2.70. The van der Waals surface area contributed by atoms with Crippen molar-refractivity contribution in [1.29, 1.82) is 0 Å². The molecule has 0 saturated carbocycles. The zero-order valence-corrected chi connectivity index (χ0v) is 17.9. The lowest BCUT2D eigenvalue weighted by atomic mass is 9.95. The highest BCUT2D eigenvalue weighted by Gasteiger charge is 2.21. The van der Waals surface area contributed by atoms with Crippen molar-refractivity contribution >= 4 is 41.0 Å². The molecule has 2 aromatic carbocycles. The monoisotopic (exact) mass is 428 g/mol. The number of ketones is 1. The number of hydrogen-bond donors (Lipinski definition) is 2. The molecule has 0 aliphatic carbocycles. The standard InChI is InChI=1S/C22H24N2O5S/c1-22(2,3)21(28)24-15-10-8-14(9-11-15)17(25)12-29-20(27)16-6-4-5-7-18(16)30-13-19(23)26/h4-11H,12-13H2,1-3H3,(H2,23,26)(H,24,28). The number of carbonyl (C=O) groups is 4. The second-order valence-corrected chi connectivity index (χ2v) is 8.55. The van der Waals surface area contributed by atoms with E-state index in [0.717, 1.165) is 11.8 Å². The molecule has 0 bridgehead atoms. The van der Waals surface area contributed by atoms with Crippen LogP contribution in [0.1, 0.15) is 41.5 Å². The van der Waals surface area contributed by atoms with E-state index in [2.05, 4.69) is 5.32 Å². The molecule has 0 atom stereocenters. The Kier molecular flexibility index (Phi) is 7.77. The summed E-state index contributed by atoms with van der Waals surface area (Å²) in [5, 5.41) is 2.78. The predicted octanol–water partition coefficient (Wildman–Crippen LogP) is 3.29. The Hall–Kier alpha value is -3.13. The molecule has 2 amide bonds. The fraction of sp³-hybridized carbons (Fsp3) is 0.273. The number of anilines is 1. The predicted molar refractivity (Wildman–Crippen MR) is 116 cm³/mol. The van der Waals surface area contributed by atoms with Crippen LogP contribution in [0.5, 0.6) is 0 Å². The second kappa shape index (κ2) is 10.1. The third-order valence-corrected chi connectivity index (χ3v) is 5.05. The number of benzene rings is 2. The number of carbonyl (C=O) groups excluding carboxylic acids is 4. The lowest BCUT2D eigenvalue weighted by Gasteiger charge is -2.17. The van der Waals surface area contributed by atoms with Crippen molar-refractivity contribution in [3.05, 3.63) is 59.7 Å². The number of Topliss-reactive ketones (excluding diaryl/α,β-unsaturated/α-hetero) is 1. The van der Waals surface area contributed by atoms with Crippen molar-refractivity contribution in [1.82, 2.24) is 0 Å². The Bertz CT molecular complexity index is 949. The Morgan fingerprint density at radius 3 is 2.23 bits per heavy atom. The van der Waals surface area contributed by atoms with Gasteiger partial charge in [-0.05, 0) is 36.4 Å². The number of rotatable bonds is 8. The number of amides is 2. The molecule has 0 aromatic heterocycles. The lowest BCUT2D eigenvalue weighted by Crippen LogP contribution is -2.27. The zero-order valence-electron chi connectivity index (χ0n) is 17.1. The van der Waals surface area contributed by atoms with Crippen LogP contribution in [-0.2, 0) is 14.3 Å². The van der Waals surface area contributed by atoms with Crippen molar-refractivity contribution in [2.45, 2.75) is 25.7 Å². The first kappa shape index (κ1) is 23.2. The van der Waals surface area contributed by atoms with Crippen LogP contribution < -0.4 is 11.1 Å². The van der Waals surface area contributed by atoms with Gasteiger partial charge in [-0.3, -0.25) is 14.4 Å². The smallest absolute Gasteiger partial charge is 0.339 e. The van der Waals surface area contributed by atoms with E-state index in [9.17, 15) is 19.2 Å². The van der Waals surface area contributed by atoms with Gasteiger partial charge in [0.05, 0.1) is 11.3 Å². The summed E-state index contributed by atoms with van der Waals surface area (Å²) in [6, 6.07) is 13.0. The highest BCUT2D eigenvalue weighted by atomic mass is 32.2. The van der Waals surface area contributed by atoms with E-state index in [0.29, 0.717) is 16.1 Å². The van der Waals surface area contributed by atoms with Gasteiger partial charge in [-0.15, -0.1) is 11.8 Å². The number of esters is 1. The normalized spacial score (nSPS) is 10.9. The van der Waals surface area contributed by atoms with Crippen molar-refractivity contribution < 1.29 is 23.9 Å². The number of primary amides is 1. The first-order chi connectivity index (χ1) is 14.1. The van der Waals surface area contributed by atoms with E-state index < -0.39 is 23.9 Å². The molecule has 0 aliphatic heterocycles. The number of ether oxygens (including phenoxy) is 1. The van der Waals surface area contributed by atoms with E-state index in [-0.39, 0.29) is 23.0 Å². The topological polar surface area (TPSA) is 116 Å². The molecule has 0 fully saturated rings. The van der Waals surface area contributed by atoms with Crippen LogP contribution in [-0.4, -0.2) is 35.9 Å². The molecular formula is C22H24N2O5S. The average molecular weight is 429 g/mol. The van der Waals surface area contributed by atoms with Crippen molar-refractivity contribution in [2.75, 3.05) is 17.7 Å². The SMILES string of the molecule is CC(C)(C)C(=O)Nc1ccc(C(=O)COC(=O)c2ccccc2SCC(N)=O)cc1. The van der Waals surface area contributed by atoms with Crippen LogP contribution >= 0.6 is 11.8 Å². The molecule has 3 N–H and O–H groups in total. The van der Waals surface area contributed by atoms with Gasteiger partial charge in [-0.2, -0.15) is 0 Å². The van der Waals surface area contributed by atoms with E-state index >= 15 is 0 Å². The maximum atomic E-state index is 12.4. The van der Waals surface area contributed by atoms with Crippen LogP contribution in [0.15, 0.2) is 53.4 Å². The summed E-state index contributed by atoms with van der Waals surface area (Å²) in [6.45, 7) is 4.98. The van der Waals surface area contributed by atoms with Gasteiger partial charge in [-0.25, -0.2) is 4.79 Å². The van der Waals surface area contributed by atoms with E-state index in [4.69, 9.17) is 10.5 Å². The molecule has 30 heavy (non-hydrogen) atoms. The van der Waals surface area contributed by atoms with Crippen LogP contribution in [0.25, 0.3) is 0 Å². The fourth-order valence-electron chi connectivity index (χ4n) is 2.26. The first-order valence-electron chi connectivity index (χ1n) is 9.20. The Morgan fingerprint density at radius 2 is 1.63 bits per heavy atom. The minimum atomic E-state index is -0.662. The summed E-state index contributed by atoms with van der Waals surface area (Å²) in [6.07, 6.45) is 0. The lowest BCUT2D eigenvalue weighted by molar-refractivity contribution is -0.123. The van der Waals surface area contributed by atoms with Crippen molar-refractivity contribution in [3.63, 3.8) is 0 Å². The molecule has 2 rings (SSSR count). The molecule has 2 aromatic rings. The molecule has 0 aliphatic rings. The van der Waals surface area contributed by atoms with E-state index in [1.807, 2.05) is 0 Å². The summed E-state index contributed by atoms with van der Waals surface area (Å²) in [5.74, 6) is -1.64. The minimum absolute atomic E-state index is 0.0291. The minimum Gasteiger partial charge on any atom is -0.454 e. The summed E-state index contributed by atoms with van der Waals surface area (Å²) in [4.78, 5) is 48.2. The third kappa shape index (κ3) is 6.73. The third-order valence-electron chi connectivity index (χ3n) is 3.96. The molecule has 0 heterocycles. The van der Waals surface area contributed by atoms with Gasteiger partial charge in [0.2, 0.25) is 11.8 Å². The van der Waals surface area contributed by atoms with Gasteiger partial charge in [0.15, 0.2) is 12.4 Å². The van der Waals surface area contributed by atoms with E-state index in [1.165, 1.54) is 0 Å². The quantitative estimate of drug-likeness (QED) is 0.379. The molecular weight excluding hydrogens is 404 g/mol. The molecule has 158 valence electrons. The maximum absolute atomic E-state index is 12.4. The fourth-order valence-corrected chi connectivity index (χ4v) is 3.04. The molecule has 0 radical (unpaired) electrons. The second-order valence-electron chi connectivity index (χ2n) is 7.53.